The van der Waals surface area contributed by atoms with Crippen LogP contribution < -0.4 is 5.32 Å². The van der Waals surface area contributed by atoms with Gasteiger partial charge in [-0.25, -0.2) is 9.97 Å². The van der Waals surface area contributed by atoms with E-state index in [-0.39, 0.29) is 17.9 Å². The Morgan fingerprint density at radius 3 is 2.67 bits per heavy atom. The zero-order chi connectivity index (χ0) is 19.0. The van der Waals surface area contributed by atoms with Crippen molar-refractivity contribution in [3.63, 3.8) is 0 Å². The third kappa shape index (κ3) is 3.90. The van der Waals surface area contributed by atoms with Crippen molar-refractivity contribution >= 4 is 39.1 Å². The predicted molar refractivity (Wildman–Crippen MR) is 111 cm³/mol. The largest absolute Gasteiger partial charge is 0.466 e. The third-order valence-electron chi connectivity index (χ3n) is 5.78. The first-order chi connectivity index (χ1) is 13.0. The molecule has 5 nitrogen and oxygen atoms in total. The second-order valence-corrected chi connectivity index (χ2v) is 9.44. The maximum atomic E-state index is 12.6. The summed E-state index contributed by atoms with van der Waals surface area (Å²) in [7, 11) is 0. The van der Waals surface area contributed by atoms with E-state index in [1.807, 2.05) is 13.0 Å². The predicted octanol–water partition coefficient (Wildman–Crippen LogP) is 5.06. The van der Waals surface area contributed by atoms with Gasteiger partial charge in [-0.15, -0.1) is 11.3 Å². The van der Waals surface area contributed by atoms with E-state index < -0.39 is 0 Å². The number of carbonyl (C=O) groups excluding carboxylic acids is 1. The standard InChI is InChI=1S/C20H24BrN3O2S/c1-3-26-19(25)17-12-5-7-13(8-6-12)18(17)23-16-10-14(22-20(21)24-16)15-9-4-11(2)27-15/h4,9-10,12-13,17-18H,3,5-8H2,1-2H3,(H,22,23,24)/t12?,13?,17-,18-/m0/s1. The summed E-state index contributed by atoms with van der Waals surface area (Å²) in [6, 6.07) is 6.25. The fraction of sp³-hybridized carbons (Fsp3) is 0.550. The van der Waals surface area contributed by atoms with Crippen LogP contribution in [-0.4, -0.2) is 28.6 Å². The fourth-order valence-corrected chi connectivity index (χ4v) is 5.81. The van der Waals surface area contributed by atoms with Gasteiger partial charge in [-0.3, -0.25) is 4.79 Å². The summed E-state index contributed by atoms with van der Waals surface area (Å²) in [5.41, 5.74) is 0.895. The third-order valence-corrected chi connectivity index (χ3v) is 7.16. The molecule has 3 saturated carbocycles. The molecule has 0 amide bonds. The highest BCUT2D eigenvalue weighted by Crippen LogP contribution is 2.46. The monoisotopic (exact) mass is 449 g/mol. The zero-order valence-corrected chi connectivity index (χ0v) is 18.0. The molecule has 0 spiro atoms. The van der Waals surface area contributed by atoms with Crippen LogP contribution in [-0.2, 0) is 9.53 Å². The highest BCUT2D eigenvalue weighted by atomic mass is 79.9. The van der Waals surface area contributed by atoms with E-state index in [0.717, 1.165) is 29.2 Å². The number of rotatable bonds is 5. The van der Waals surface area contributed by atoms with Crippen molar-refractivity contribution in [2.75, 3.05) is 11.9 Å². The molecule has 0 radical (unpaired) electrons. The summed E-state index contributed by atoms with van der Waals surface area (Å²) in [5, 5.41) is 3.58. The van der Waals surface area contributed by atoms with Gasteiger partial charge in [0.1, 0.15) is 5.82 Å². The Morgan fingerprint density at radius 2 is 2.00 bits per heavy atom. The van der Waals surface area contributed by atoms with Gasteiger partial charge >= 0.3 is 5.97 Å². The van der Waals surface area contributed by atoms with Crippen LogP contribution in [0.1, 0.15) is 37.5 Å². The lowest BCUT2D eigenvalue weighted by Crippen LogP contribution is -2.52. The van der Waals surface area contributed by atoms with Crippen LogP contribution in [0.4, 0.5) is 5.82 Å². The number of nitrogens with one attached hydrogen (secondary N) is 1. The number of aromatic nitrogens is 2. The molecule has 0 aromatic carbocycles. The number of thiophene rings is 1. The number of carbonyl (C=O) groups is 1. The Hall–Kier alpha value is -1.47. The number of nitrogens with zero attached hydrogens (tertiary/aromatic N) is 2. The summed E-state index contributed by atoms with van der Waals surface area (Å²) in [6.45, 7) is 4.39. The van der Waals surface area contributed by atoms with Crippen molar-refractivity contribution in [3.8, 4) is 10.6 Å². The first-order valence-electron chi connectivity index (χ1n) is 9.59. The minimum Gasteiger partial charge on any atom is -0.466 e. The van der Waals surface area contributed by atoms with Crippen molar-refractivity contribution in [3.05, 3.63) is 27.8 Å². The molecule has 27 heavy (non-hydrogen) atoms. The zero-order valence-electron chi connectivity index (χ0n) is 15.6. The van der Waals surface area contributed by atoms with E-state index in [9.17, 15) is 4.79 Å². The molecule has 0 saturated heterocycles. The molecule has 2 heterocycles. The molecule has 7 heteroatoms. The number of esters is 1. The Balaban J connectivity index is 1.62. The summed E-state index contributed by atoms with van der Waals surface area (Å²) in [5.74, 6) is 1.52. The van der Waals surface area contributed by atoms with Gasteiger partial charge in [-0.05, 0) is 79.4 Å². The van der Waals surface area contributed by atoms with Gasteiger partial charge < -0.3 is 10.1 Å². The van der Waals surface area contributed by atoms with Crippen molar-refractivity contribution < 1.29 is 9.53 Å². The number of fused-ring (bicyclic) bond motifs is 3. The molecular weight excluding hydrogens is 426 g/mol. The van der Waals surface area contributed by atoms with Crippen molar-refractivity contribution in [2.24, 2.45) is 17.8 Å². The van der Waals surface area contributed by atoms with E-state index in [1.54, 1.807) is 11.3 Å². The van der Waals surface area contributed by atoms with Crippen LogP contribution in [0.2, 0.25) is 0 Å². The van der Waals surface area contributed by atoms with Crippen molar-refractivity contribution in [2.45, 2.75) is 45.6 Å². The molecule has 2 atom stereocenters. The Bertz CT molecular complexity index is 832. The van der Waals surface area contributed by atoms with Gasteiger partial charge in [-0.1, -0.05) is 0 Å². The van der Waals surface area contributed by atoms with Gasteiger partial charge in [0.2, 0.25) is 0 Å². The molecule has 0 unspecified atom stereocenters. The molecule has 3 fully saturated rings. The maximum absolute atomic E-state index is 12.6. The lowest BCUT2D eigenvalue weighted by atomic mass is 9.61. The Morgan fingerprint density at radius 1 is 1.26 bits per heavy atom. The number of hydrogen-bond acceptors (Lipinski definition) is 6. The molecule has 3 aliphatic carbocycles. The Kier molecular flexibility index (Phi) is 5.50. The van der Waals surface area contributed by atoms with Gasteiger partial charge in [0, 0.05) is 17.0 Å². The molecular formula is C20H24BrN3O2S. The second kappa shape index (κ2) is 7.87. The summed E-state index contributed by atoms with van der Waals surface area (Å²) >= 11 is 5.16. The number of hydrogen-bond donors (Lipinski definition) is 1. The van der Waals surface area contributed by atoms with Crippen LogP contribution in [0, 0.1) is 24.7 Å². The van der Waals surface area contributed by atoms with Gasteiger partial charge in [0.05, 0.1) is 23.1 Å². The number of ether oxygens (including phenoxy) is 1. The SMILES string of the molecule is CCOC(=O)[C@H]1C2CCC(CC2)[C@@H]1Nc1cc(-c2ccc(C)s2)nc(Br)n1. The summed E-state index contributed by atoms with van der Waals surface area (Å²) in [4.78, 5) is 24.1. The Labute approximate surface area is 172 Å². The average molecular weight is 450 g/mol. The molecule has 144 valence electrons. The summed E-state index contributed by atoms with van der Waals surface area (Å²) < 4.78 is 5.96. The smallest absolute Gasteiger partial charge is 0.311 e. The topological polar surface area (TPSA) is 64.1 Å². The van der Waals surface area contributed by atoms with Gasteiger partial charge in [-0.2, -0.15) is 0 Å². The first kappa shape index (κ1) is 18.9. The highest BCUT2D eigenvalue weighted by molar-refractivity contribution is 9.10. The van der Waals surface area contributed by atoms with E-state index in [2.05, 4.69) is 50.3 Å². The second-order valence-electron chi connectivity index (χ2n) is 7.44. The van der Waals surface area contributed by atoms with E-state index >= 15 is 0 Å². The van der Waals surface area contributed by atoms with Gasteiger partial charge in [0.25, 0.3) is 0 Å². The molecule has 0 aliphatic heterocycles. The molecule has 1 N–H and O–H groups in total. The first-order valence-corrected chi connectivity index (χ1v) is 11.2. The number of halogens is 1. The number of aryl methyl sites for hydroxylation is 1. The fourth-order valence-electron chi connectivity index (χ4n) is 4.60. The van der Waals surface area contributed by atoms with Crippen LogP contribution in [0.3, 0.4) is 0 Å². The molecule has 3 aliphatic rings. The van der Waals surface area contributed by atoms with Crippen LogP contribution in [0.15, 0.2) is 22.9 Å². The van der Waals surface area contributed by atoms with Crippen molar-refractivity contribution in [1.82, 2.24) is 9.97 Å². The normalized spacial score (nSPS) is 26.8. The highest BCUT2D eigenvalue weighted by Gasteiger charge is 2.48. The van der Waals surface area contributed by atoms with Crippen LogP contribution >= 0.6 is 27.3 Å². The van der Waals surface area contributed by atoms with E-state index in [4.69, 9.17) is 4.74 Å². The van der Waals surface area contributed by atoms with Gasteiger partial charge in [0.15, 0.2) is 4.73 Å². The molecule has 2 aromatic heterocycles. The molecule has 2 aromatic rings. The minimum atomic E-state index is -0.0846. The van der Waals surface area contributed by atoms with Crippen LogP contribution in [0.5, 0.6) is 0 Å². The average Bonchev–Trinajstić information content (AvgIpc) is 3.09. The van der Waals surface area contributed by atoms with E-state index in [1.165, 1.54) is 17.7 Å². The van der Waals surface area contributed by atoms with E-state index in [0.29, 0.717) is 23.2 Å². The molecule has 2 bridgehead atoms. The number of anilines is 1. The van der Waals surface area contributed by atoms with Crippen molar-refractivity contribution in [1.29, 1.82) is 0 Å². The van der Waals surface area contributed by atoms with Crippen LogP contribution in [0.25, 0.3) is 10.6 Å². The minimum absolute atomic E-state index is 0.0633. The summed E-state index contributed by atoms with van der Waals surface area (Å²) in [6.07, 6.45) is 4.59. The lowest BCUT2D eigenvalue weighted by molar-refractivity contribution is -0.154. The quantitative estimate of drug-likeness (QED) is 0.510. The lowest BCUT2D eigenvalue weighted by Gasteiger charge is -2.47. The maximum Gasteiger partial charge on any atom is 0.311 e. The molecule has 5 rings (SSSR count).